The molecule has 0 aliphatic rings. The van der Waals surface area contributed by atoms with Crippen molar-refractivity contribution in [3.63, 3.8) is 0 Å². The van der Waals surface area contributed by atoms with Gasteiger partial charge in [0.05, 0.1) is 14.2 Å². The second kappa shape index (κ2) is 10.3. The summed E-state index contributed by atoms with van der Waals surface area (Å²) >= 11 is 0. The van der Waals surface area contributed by atoms with Crippen molar-refractivity contribution in [3.8, 4) is 0 Å². The molecule has 4 rings (SSSR count). The molecule has 176 valence electrons. The number of aliphatic hydroxyl groups excluding tert-OH is 1. The molecule has 0 aliphatic carbocycles. The molecule has 0 amide bonds. The Balaban J connectivity index is 2.01. The third-order valence-corrected chi connectivity index (χ3v) is 6.16. The average molecular weight is 469 g/mol. The number of azide groups is 1. The van der Waals surface area contributed by atoms with E-state index in [9.17, 15) is 9.90 Å². The van der Waals surface area contributed by atoms with Crippen LogP contribution in [0.4, 0.5) is 0 Å². The zero-order valence-electron chi connectivity index (χ0n) is 19.5. The van der Waals surface area contributed by atoms with E-state index in [2.05, 4.69) is 46.4 Å². The normalized spacial score (nSPS) is 12.9. The van der Waals surface area contributed by atoms with Gasteiger partial charge in [0, 0.05) is 21.6 Å². The minimum absolute atomic E-state index is 0.389. The second-order valence-electron chi connectivity index (χ2n) is 8.11. The number of carbonyl (C=O) groups is 1. The number of hydrogen-bond donors (Lipinski definition) is 1. The molecule has 0 radical (unpaired) electrons. The van der Waals surface area contributed by atoms with Gasteiger partial charge in [-0.2, -0.15) is 0 Å². The number of hydrogen-bond acceptors (Lipinski definition) is 4. The Labute approximate surface area is 203 Å². The monoisotopic (exact) mass is 468 g/mol. The Bertz CT molecular complexity index is 1240. The number of benzene rings is 3. The minimum atomic E-state index is -1.42. The second-order valence-corrected chi connectivity index (χ2v) is 8.11. The molecule has 1 aromatic heterocycles. The molecule has 0 aliphatic heterocycles. The van der Waals surface area contributed by atoms with E-state index in [1.807, 2.05) is 65.5 Å². The standard InChI is InChI=1S/C27H26N5O3/c1-31-19-32(18-23(31)25(33)24(29-30-28)26(34)35-2)27(20-12-6-3-7-13-20,21-14-8-4-9-15-21)22-16-10-5-11-17-22/h3-19,24-25,33H,1-2H3/q+1/t24-,25+/m0/s1. The lowest BCUT2D eigenvalue weighted by Gasteiger charge is -2.32. The zero-order chi connectivity index (χ0) is 24.8. The van der Waals surface area contributed by atoms with Crippen molar-refractivity contribution in [1.82, 2.24) is 4.57 Å². The fraction of sp³-hybridized carbons (Fsp3) is 0.185. The van der Waals surface area contributed by atoms with Crippen LogP contribution in [0.5, 0.6) is 0 Å². The van der Waals surface area contributed by atoms with Gasteiger partial charge in [0.25, 0.3) is 0 Å². The first-order valence-corrected chi connectivity index (χ1v) is 11.1. The highest BCUT2D eigenvalue weighted by Crippen LogP contribution is 2.36. The lowest BCUT2D eigenvalue weighted by molar-refractivity contribution is -0.734. The molecule has 1 heterocycles. The highest BCUT2D eigenvalue weighted by molar-refractivity contribution is 5.76. The summed E-state index contributed by atoms with van der Waals surface area (Å²) in [6.45, 7) is 0. The summed E-state index contributed by atoms with van der Waals surface area (Å²) < 4.78 is 8.48. The molecule has 0 spiro atoms. The van der Waals surface area contributed by atoms with Gasteiger partial charge in [-0.15, -0.1) is 0 Å². The number of aryl methyl sites for hydroxylation is 1. The van der Waals surface area contributed by atoms with Crippen LogP contribution < -0.4 is 4.57 Å². The summed E-state index contributed by atoms with van der Waals surface area (Å²) in [5, 5.41) is 14.6. The molecular formula is C27H26N5O3+. The fourth-order valence-corrected chi connectivity index (χ4v) is 4.55. The van der Waals surface area contributed by atoms with Gasteiger partial charge >= 0.3 is 5.97 Å². The first kappa shape index (κ1) is 23.8. The summed E-state index contributed by atoms with van der Waals surface area (Å²) in [6.07, 6.45) is 2.22. The van der Waals surface area contributed by atoms with E-state index in [0.29, 0.717) is 5.69 Å². The van der Waals surface area contributed by atoms with Gasteiger partial charge in [-0.1, -0.05) is 96.1 Å². The smallest absolute Gasteiger partial charge is 0.317 e. The van der Waals surface area contributed by atoms with Crippen molar-refractivity contribution in [2.45, 2.75) is 17.7 Å². The van der Waals surface area contributed by atoms with Gasteiger partial charge < -0.3 is 9.84 Å². The Morgan fingerprint density at radius 1 is 0.971 bits per heavy atom. The number of imidazole rings is 1. The van der Waals surface area contributed by atoms with E-state index in [1.165, 1.54) is 7.11 Å². The van der Waals surface area contributed by atoms with Gasteiger partial charge in [0.2, 0.25) is 6.33 Å². The maximum Gasteiger partial charge on any atom is 0.317 e. The predicted molar refractivity (Wildman–Crippen MR) is 130 cm³/mol. The molecule has 35 heavy (non-hydrogen) atoms. The maximum absolute atomic E-state index is 12.2. The van der Waals surface area contributed by atoms with Crippen LogP contribution in [0.2, 0.25) is 0 Å². The third kappa shape index (κ3) is 4.28. The topological polar surface area (TPSA) is 104 Å². The van der Waals surface area contributed by atoms with Gasteiger partial charge in [-0.3, -0.25) is 4.79 Å². The van der Waals surface area contributed by atoms with Crippen LogP contribution in [0.1, 0.15) is 28.5 Å². The number of rotatable bonds is 8. The third-order valence-electron chi connectivity index (χ3n) is 6.16. The molecular weight excluding hydrogens is 442 g/mol. The highest BCUT2D eigenvalue weighted by atomic mass is 16.5. The molecule has 0 fully saturated rings. The van der Waals surface area contributed by atoms with Crippen LogP contribution in [0, 0.1) is 0 Å². The van der Waals surface area contributed by atoms with Crippen molar-refractivity contribution in [2.75, 3.05) is 7.11 Å². The summed E-state index contributed by atoms with van der Waals surface area (Å²) in [6, 6.07) is 28.8. The van der Waals surface area contributed by atoms with Crippen molar-refractivity contribution in [3.05, 3.63) is 136 Å². The van der Waals surface area contributed by atoms with Crippen molar-refractivity contribution < 1.29 is 19.2 Å². The van der Waals surface area contributed by atoms with Crippen LogP contribution in [0.25, 0.3) is 10.4 Å². The Morgan fingerprint density at radius 3 is 1.83 bits per heavy atom. The number of nitrogens with zero attached hydrogens (tertiary/aromatic N) is 5. The molecule has 1 N–H and O–H groups in total. The van der Waals surface area contributed by atoms with Crippen LogP contribution in [0.3, 0.4) is 0 Å². The lowest BCUT2D eigenvalue weighted by Crippen LogP contribution is -2.57. The molecule has 0 unspecified atom stereocenters. The predicted octanol–water partition coefficient (Wildman–Crippen LogP) is 4.04. The number of ether oxygens (including phenoxy) is 1. The van der Waals surface area contributed by atoms with Crippen molar-refractivity contribution in [1.29, 1.82) is 0 Å². The first-order valence-electron chi connectivity index (χ1n) is 11.1. The molecule has 8 nitrogen and oxygen atoms in total. The van der Waals surface area contributed by atoms with Crippen LogP contribution >= 0.6 is 0 Å². The van der Waals surface area contributed by atoms with E-state index >= 15 is 0 Å². The molecule has 0 saturated carbocycles. The fourth-order valence-electron chi connectivity index (χ4n) is 4.55. The van der Waals surface area contributed by atoms with Crippen molar-refractivity contribution >= 4 is 5.97 Å². The molecule has 0 saturated heterocycles. The largest absolute Gasteiger partial charge is 0.469 e. The summed E-state index contributed by atoms with van der Waals surface area (Å²) in [4.78, 5) is 15.0. The molecule has 0 bridgehead atoms. The maximum atomic E-state index is 12.2. The van der Waals surface area contributed by atoms with Crippen LogP contribution in [-0.4, -0.2) is 28.8 Å². The first-order chi connectivity index (χ1) is 17.0. The van der Waals surface area contributed by atoms with Crippen molar-refractivity contribution in [2.24, 2.45) is 12.2 Å². The van der Waals surface area contributed by atoms with E-state index in [1.54, 1.807) is 17.8 Å². The molecule has 8 heteroatoms. The Morgan fingerprint density at radius 2 is 1.43 bits per heavy atom. The van der Waals surface area contributed by atoms with Gasteiger partial charge in [0.15, 0.2) is 17.3 Å². The van der Waals surface area contributed by atoms with E-state index < -0.39 is 23.7 Å². The highest BCUT2D eigenvalue weighted by Gasteiger charge is 2.44. The van der Waals surface area contributed by atoms with E-state index in [0.717, 1.165) is 16.7 Å². The van der Waals surface area contributed by atoms with E-state index in [-0.39, 0.29) is 0 Å². The van der Waals surface area contributed by atoms with Gasteiger partial charge in [-0.05, 0) is 5.53 Å². The van der Waals surface area contributed by atoms with Gasteiger partial charge in [0.1, 0.15) is 12.3 Å². The van der Waals surface area contributed by atoms with Crippen LogP contribution in [0.15, 0.2) is 109 Å². The molecule has 4 aromatic rings. The number of aromatic nitrogens is 2. The Kier molecular flexibility index (Phi) is 6.96. The minimum Gasteiger partial charge on any atom is -0.469 e. The number of esters is 1. The number of carbonyl (C=O) groups excluding carboxylic acids is 1. The zero-order valence-corrected chi connectivity index (χ0v) is 19.5. The summed E-state index contributed by atoms with van der Waals surface area (Å²) in [5.41, 5.74) is 11.6. The molecule has 3 aromatic carbocycles. The summed E-state index contributed by atoms with van der Waals surface area (Å²) in [7, 11) is 2.95. The Hall–Kier alpha value is -4.39. The number of aliphatic hydroxyl groups is 1. The van der Waals surface area contributed by atoms with Gasteiger partial charge in [-0.25, -0.2) is 9.13 Å². The van der Waals surface area contributed by atoms with E-state index in [4.69, 9.17) is 10.3 Å². The summed E-state index contributed by atoms with van der Waals surface area (Å²) in [5.74, 6) is -0.816. The lowest BCUT2D eigenvalue weighted by atomic mass is 9.77. The SMILES string of the molecule is COC(=O)[C@@H](N=[N+]=[N-])[C@H](O)c1c[n+](C(c2ccccc2)(c2ccccc2)c2ccccc2)cn1C. The van der Waals surface area contributed by atoms with Crippen LogP contribution in [-0.2, 0) is 22.1 Å². The molecule has 2 atom stereocenters. The number of methoxy groups -OCH3 is 1. The average Bonchev–Trinajstić information content (AvgIpc) is 3.30. The quantitative estimate of drug-likeness (QED) is 0.105.